The number of ether oxygens (including phenoxy) is 1. The SMILES string of the molecule is CC(O)C(=O)OC(=O)CCCCC(=O)O. The van der Waals surface area contributed by atoms with Crippen LogP contribution in [0.15, 0.2) is 0 Å². The second kappa shape index (κ2) is 6.94. The summed E-state index contributed by atoms with van der Waals surface area (Å²) in [5.41, 5.74) is 0. The molecule has 0 amide bonds. The van der Waals surface area contributed by atoms with Crippen LogP contribution >= 0.6 is 0 Å². The summed E-state index contributed by atoms with van der Waals surface area (Å²) in [6.45, 7) is 1.19. The Hall–Kier alpha value is -1.43. The van der Waals surface area contributed by atoms with Crippen LogP contribution in [0.2, 0.25) is 0 Å². The number of aliphatic hydroxyl groups is 1. The average Bonchev–Trinajstić information content (AvgIpc) is 2.12. The average molecular weight is 218 g/mol. The molecule has 0 aromatic heterocycles. The number of hydrogen-bond donors (Lipinski definition) is 2. The Morgan fingerprint density at radius 3 is 2.20 bits per heavy atom. The van der Waals surface area contributed by atoms with Gasteiger partial charge < -0.3 is 14.9 Å². The molecule has 0 saturated carbocycles. The zero-order valence-corrected chi connectivity index (χ0v) is 8.43. The van der Waals surface area contributed by atoms with E-state index in [1.165, 1.54) is 6.92 Å². The molecule has 0 radical (unpaired) electrons. The molecule has 0 aromatic carbocycles. The third-order valence-corrected chi connectivity index (χ3v) is 1.58. The molecular formula is C9H14O6. The molecule has 0 rings (SSSR count). The Morgan fingerprint density at radius 2 is 1.73 bits per heavy atom. The summed E-state index contributed by atoms with van der Waals surface area (Å²) in [6.07, 6.45) is -0.664. The minimum atomic E-state index is -1.33. The summed E-state index contributed by atoms with van der Waals surface area (Å²) in [5, 5.41) is 17.0. The van der Waals surface area contributed by atoms with Crippen LogP contribution in [0.4, 0.5) is 0 Å². The van der Waals surface area contributed by atoms with Crippen molar-refractivity contribution in [3.63, 3.8) is 0 Å². The Kier molecular flexibility index (Phi) is 6.28. The number of hydrogen-bond acceptors (Lipinski definition) is 5. The lowest BCUT2D eigenvalue weighted by Crippen LogP contribution is -2.22. The number of carbonyl (C=O) groups is 3. The Bertz CT molecular complexity index is 245. The van der Waals surface area contributed by atoms with E-state index < -0.39 is 24.0 Å². The molecule has 0 fully saturated rings. The molecule has 6 nitrogen and oxygen atoms in total. The fraction of sp³-hybridized carbons (Fsp3) is 0.667. The van der Waals surface area contributed by atoms with Gasteiger partial charge in [0.2, 0.25) is 0 Å². The van der Waals surface area contributed by atoms with E-state index in [-0.39, 0.29) is 12.8 Å². The van der Waals surface area contributed by atoms with Gasteiger partial charge in [-0.05, 0) is 19.8 Å². The van der Waals surface area contributed by atoms with Gasteiger partial charge in [-0.25, -0.2) is 4.79 Å². The van der Waals surface area contributed by atoms with E-state index in [0.717, 1.165) is 0 Å². The molecule has 0 bridgehead atoms. The lowest BCUT2D eigenvalue weighted by atomic mass is 10.2. The molecule has 0 aliphatic rings. The summed E-state index contributed by atoms with van der Waals surface area (Å²) in [5.74, 6) is -2.66. The summed E-state index contributed by atoms with van der Waals surface area (Å²) in [4.78, 5) is 31.7. The molecule has 0 aliphatic carbocycles. The topological polar surface area (TPSA) is 101 Å². The summed E-state index contributed by atoms with van der Waals surface area (Å²) in [6, 6.07) is 0. The van der Waals surface area contributed by atoms with Gasteiger partial charge in [-0.2, -0.15) is 0 Å². The van der Waals surface area contributed by atoms with Gasteiger partial charge in [0.25, 0.3) is 0 Å². The first-order valence-electron chi connectivity index (χ1n) is 4.58. The van der Waals surface area contributed by atoms with Crippen LogP contribution in [0.1, 0.15) is 32.6 Å². The van der Waals surface area contributed by atoms with Crippen LogP contribution in [0, 0.1) is 0 Å². The van der Waals surface area contributed by atoms with Crippen LogP contribution < -0.4 is 0 Å². The van der Waals surface area contributed by atoms with Gasteiger partial charge in [0.15, 0.2) is 0 Å². The Morgan fingerprint density at radius 1 is 1.20 bits per heavy atom. The van der Waals surface area contributed by atoms with E-state index in [2.05, 4.69) is 4.74 Å². The zero-order valence-electron chi connectivity index (χ0n) is 8.43. The van der Waals surface area contributed by atoms with E-state index in [0.29, 0.717) is 12.8 Å². The highest BCUT2D eigenvalue weighted by Gasteiger charge is 2.14. The van der Waals surface area contributed by atoms with Crippen molar-refractivity contribution in [2.75, 3.05) is 0 Å². The number of aliphatic carboxylic acids is 1. The number of carbonyl (C=O) groups excluding carboxylic acids is 2. The maximum absolute atomic E-state index is 10.9. The van der Waals surface area contributed by atoms with Crippen molar-refractivity contribution >= 4 is 17.9 Å². The third-order valence-electron chi connectivity index (χ3n) is 1.58. The summed E-state index contributed by atoms with van der Waals surface area (Å²) < 4.78 is 4.24. The molecule has 0 aromatic rings. The minimum Gasteiger partial charge on any atom is -0.481 e. The summed E-state index contributed by atoms with van der Waals surface area (Å²) in [7, 11) is 0. The number of carboxylic acid groups (broad SMARTS) is 1. The molecule has 1 unspecified atom stereocenters. The van der Waals surface area contributed by atoms with E-state index in [1.54, 1.807) is 0 Å². The van der Waals surface area contributed by atoms with Crippen molar-refractivity contribution in [2.45, 2.75) is 38.7 Å². The molecule has 0 spiro atoms. The molecular weight excluding hydrogens is 204 g/mol. The standard InChI is InChI=1S/C9H14O6/c1-6(10)9(14)15-8(13)5-3-2-4-7(11)12/h6,10H,2-5H2,1H3,(H,11,12). The fourth-order valence-electron chi connectivity index (χ4n) is 0.794. The van der Waals surface area contributed by atoms with Gasteiger partial charge in [-0.15, -0.1) is 0 Å². The highest BCUT2D eigenvalue weighted by molar-refractivity contribution is 5.87. The van der Waals surface area contributed by atoms with Crippen molar-refractivity contribution in [3.05, 3.63) is 0 Å². The van der Waals surface area contributed by atoms with Gasteiger partial charge in [-0.3, -0.25) is 9.59 Å². The number of rotatable bonds is 6. The van der Waals surface area contributed by atoms with Gasteiger partial charge in [0.1, 0.15) is 6.10 Å². The molecule has 0 aliphatic heterocycles. The maximum Gasteiger partial charge on any atom is 0.342 e. The highest BCUT2D eigenvalue weighted by atomic mass is 16.6. The van der Waals surface area contributed by atoms with Crippen molar-refractivity contribution in [1.29, 1.82) is 0 Å². The molecule has 1 atom stereocenters. The maximum atomic E-state index is 10.9. The molecule has 0 heterocycles. The zero-order chi connectivity index (χ0) is 11.8. The first-order chi connectivity index (χ1) is 6.93. The normalized spacial score (nSPS) is 11.9. The Labute approximate surface area is 86.8 Å². The fourth-order valence-corrected chi connectivity index (χ4v) is 0.794. The first-order valence-corrected chi connectivity index (χ1v) is 4.58. The smallest absolute Gasteiger partial charge is 0.342 e. The first kappa shape index (κ1) is 13.6. The minimum absolute atomic E-state index is 0.0162. The molecule has 86 valence electrons. The predicted molar refractivity (Wildman–Crippen MR) is 48.9 cm³/mol. The van der Waals surface area contributed by atoms with Gasteiger partial charge in [0, 0.05) is 12.8 Å². The second-order valence-electron chi connectivity index (χ2n) is 3.07. The molecule has 15 heavy (non-hydrogen) atoms. The second-order valence-corrected chi connectivity index (χ2v) is 3.07. The predicted octanol–water partition coefficient (Wildman–Crippen LogP) is 0.0820. The Balaban J connectivity index is 3.58. The van der Waals surface area contributed by atoms with Gasteiger partial charge in [-0.1, -0.05) is 0 Å². The van der Waals surface area contributed by atoms with Gasteiger partial charge >= 0.3 is 17.9 Å². The lowest BCUT2D eigenvalue weighted by Gasteiger charge is -2.03. The molecule has 6 heteroatoms. The third kappa shape index (κ3) is 7.63. The van der Waals surface area contributed by atoms with Crippen LogP contribution in [0.5, 0.6) is 0 Å². The lowest BCUT2D eigenvalue weighted by molar-refractivity contribution is -0.165. The van der Waals surface area contributed by atoms with Crippen molar-refractivity contribution in [2.24, 2.45) is 0 Å². The monoisotopic (exact) mass is 218 g/mol. The number of esters is 2. The number of aliphatic hydroxyl groups excluding tert-OH is 1. The van der Waals surface area contributed by atoms with E-state index in [4.69, 9.17) is 10.2 Å². The number of unbranched alkanes of at least 4 members (excludes halogenated alkanes) is 1. The van der Waals surface area contributed by atoms with Crippen LogP contribution in [-0.4, -0.2) is 34.2 Å². The van der Waals surface area contributed by atoms with Gasteiger partial charge in [0.05, 0.1) is 0 Å². The highest BCUT2D eigenvalue weighted by Crippen LogP contribution is 2.02. The van der Waals surface area contributed by atoms with E-state index >= 15 is 0 Å². The quantitative estimate of drug-likeness (QED) is 0.372. The largest absolute Gasteiger partial charge is 0.481 e. The van der Waals surface area contributed by atoms with Crippen LogP contribution in [-0.2, 0) is 19.1 Å². The van der Waals surface area contributed by atoms with Crippen LogP contribution in [0.3, 0.4) is 0 Å². The van der Waals surface area contributed by atoms with Crippen LogP contribution in [0.25, 0.3) is 0 Å². The van der Waals surface area contributed by atoms with Crippen molar-refractivity contribution < 1.29 is 29.3 Å². The van der Waals surface area contributed by atoms with Crippen molar-refractivity contribution in [3.8, 4) is 0 Å². The summed E-state index contributed by atoms with van der Waals surface area (Å²) >= 11 is 0. The molecule has 2 N–H and O–H groups in total. The van der Waals surface area contributed by atoms with Crippen molar-refractivity contribution in [1.82, 2.24) is 0 Å². The molecule has 0 saturated heterocycles. The number of carboxylic acids is 1. The van der Waals surface area contributed by atoms with E-state index in [9.17, 15) is 14.4 Å². The van der Waals surface area contributed by atoms with E-state index in [1.807, 2.05) is 0 Å².